The number of nitrogens with one attached hydrogen (secondary N) is 1. The summed E-state index contributed by atoms with van der Waals surface area (Å²) in [6.07, 6.45) is 1.59. The molecule has 2 rings (SSSR count). The van der Waals surface area contributed by atoms with Crippen LogP contribution in [0.3, 0.4) is 0 Å². The van der Waals surface area contributed by atoms with Crippen molar-refractivity contribution in [3.63, 3.8) is 0 Å². The highest BCUT2D eigenvalue weighted by molar-refractivity contribution is 9.10. The maximum Gasteiger partial charge on any atom is 0.250 e. The van der Waals surface area contributed by atoms with Crippen LogP contribution < -0.4 is 5.32 Å². The normalized spacial score (nSPS) is 11.2. The van der Waals surface area contributed by atoms with Gasteiger partial charge >= 0.3 is 0 Å². The lowest BCUT2D eigenvalue weighted by molar-refractivity contribution is 0.481. The van der Waals surface area contributed by atoms with E-state index in [-0.39, 0.29) is 11.7 Å². The van der Waals surface area contributed by atoms with Crippen molar-refractivity contribution >= 4 is 15.9 Å². The SMILES string of the molecule is CC(C)NCCCc1nnc(-c2ccc(Br)cc2F)o1. The summed E-state index contributed by atoms with van der Waals surface area (Å²) in [4.78, 5) is 0. The molecule has 0 aliphatic rings. The maximum absolute atomic E-state index is 13.8. The second-order valence-corrected chi connectivity index (χ2v) is 5.75. The van der Waals surface area contributed by atoms with E-state index in [1.54, 1.807) is 12.1 Å². The summed E-state index contributed by atoms with van der Waals surface area (Å²) in [5.74, 6) is 0.380. The van der Waals surface area contributed by atoms with Gasteiger partial charge in [-0.25, -0.2) is 4.39 Å². The van der Waals surface area contributed by atoms with Crippen LogP contribution in [0.15, 0.2) is 27.1 Å². The van der Waals surface area contributed by atoms with E-state index in [0.29, 0.717) is 28.4 Å². The second-order valence-electron chi connectivity index (χ2n) is 4.84. The van der Waals surface area contributed by atoms with Gasteiger partial charge in [-0.15, -0.1) is 10.2 Å². The van der Waals surface area contributed by atoms with Crippen LogP contribution in [0, 0.1) is 5.82 Å². The van der Waals surface area contributed by atoms with Crippen LogP contribution in [0.4, 0.5) is 4.39 Å². The number of nitrogens with zero attached hydrogens (tertiary/aromatic N) is 2. The molecule has 0 unspecified atom stereocenters. The molecule has 0 aliphatic carbocycles. The minimum Gasteiger partial charge on any atom is -0.421 e. The predicted octanol–water partition coefficient (Wildman–Crippen LogP) is 3.57. The smallest absolute Gasteiger partial charge is 0.250 e. The zero-order valence-corrected chi connectivity index (χ0v) is 13.1. The minimum absolute atomic E-state index is 0.224. The first kappa shape index (κ1) is 15.1. The number of hydrogen-bond donors (Lipinski definition) is 1. The van der Waals surface area contributed by atoms with E-state index in [9.17, 15) is 4.39 Å². The van der Waals surface area contributed by atoms with Crippen molar-refractivity contribution in [1.82, 2.24) is 15.5 Å². The van der Waals surface area contributed by atoms with E-state index in [1.165, 1.54) is 6.07 Å². The van der Waals surface area contributed by atoms with Gasteiger partial charge in [0.2, 0.25) is 5.89 Å². The van der Waals surface area contributed by atoms with Crippen molar-refractivity contribution in [1.29, 1.82) is 0 Å². The van der Waals surface area contributed by atoms with Crippen LogP contribution in [0.1, 0.15) is 26.2 Å². The molecule has 0 saturated carbocycles. The molecule has 0 saturated heterocycles. The Morgan fingerprint density at radius 2 is 2.15 bits per heavy atom. The molecule has 0 amide bonds. The Labute approximate surface area is 125 Å². The Morgan fingerprint density at radius 1 is 1.35 bits per heavy atom. The number of benzene rings is 1. The van der Waals surface area contributed by atoms with Gasteiger partial charge < -0.3 is 9.73 Å². The first-order valence-corrected chi connectivity index (χ1v) is 7.36. The topological polar surface area (TPSA) is 51.0 Å². The Kier molecular flexibility index (Phi) is 5.25. The predicted molar refractivity (Wildman–Crippen MR) is 78.9 cm³/mol. The van der Waals surface area contributed by atoms with Gasteiger partial charge in [0.25, 0.3) is 5.89 Å². The van der Waals surface area contributed by atoms with Gasteiger partial charge in [0.1, 0.15) is 5.82 Å². The lowest BCUT2D eigenvalue weighted by Crippen LogP contribution is -2.23. The lowest BCUT2D eigenvalue weighted by Gasteiger charge is -2.05. The molecule has 108 valence electrons. The summed E-state index contributed by atoms with van der Waals surface area (Å²) in [6.45, 7) is 5.09. The molecule has 4 nitrogen and oxygen atoms in total. The summed E-state index contributed by atoms with van der Waals surface area (Å²) in [7, 11) is 0. The zero-order chi connectivity index (χ0) is 14.5. The molecule has 20 heavy (non-hydrogen) atoms. The lowest BCUT2D eigenvalue weighted by atomic mass is 10.2. The highest BCUT2D eigenvalue weighted by atomic mass is 79.9. The Morgan fingerprint density at radius 3 is 2.85 bits per heavy atom. The van der Waals surface area contributed by atoms with Gasteiger partial charge in [-0.2, -0.15) is 0 Å². The van der Waals surface area contributed by atoms with Crippen molar-refractivity contribution in [2.45, 2.75) is 32.7 Å². The second kappa shape index (κ2) is 6.95. The molecule has 0 aliphatic heterocycles. The van der Waals surface area contributed by atoms with Gasteiger partial charge in [-0.1, -0.05) is 29.8 Å². The molecule has 1 aromatic carbocycles. The van der Waals surface area contributed by atoms with E-state index in [0.717, 1.165) is 13.0 Å². The quantitative estimate of drug-likeness (QED) is 0.816. The zero-order valence-electron chi connectivity index (χ0n) is 11.5. The van der Waals surface area contributed by atoms with Crippen molar-refractivity contribution < 1.29 is 8.81 Å². The van der Waals surface area contributed by atoms with Gasteiger partial charge in [0.15, 0.2) is 0 Å². The monoisotopic (exact) mass is 341 g/mol. The van der Waals surface area contributed by atoms with Crippen LogP contribution in [-0.2, 0) is 6.42 Å². The number of rotatable bonds is 6. The highest BCUT2D eigenvalue weighted by Crippen LogP contribution is 2.24. The first-order chi connectivity index (χ1) is 9.56. The molecule has 1 N–H and O–H groups in total. The fourth-order valence-electron chi connectivity index (χ4n) is 1.76. The number of aromatic nitrogens is 2. The van der Waals surface area contributed by atoms with Gasteiger partial charge in [0.05, 0.1) is 5.56 Å². The Bertz CT molecular complexity index is 571. The van der Waals surface area contributed by atoms with Gasteiger partial charge in [-0.3, -0.25) is 0 Å². The molecule has 0 atom stereocenters. The molecule has 0 bridgehead atoms. The standard InChI is InChI=1S/C14H17BrFN3O/c1-9(2)17-7-3-4-13-18-19-14(20-13)11-6-5-10(15)8-12(11)16/h5-6,8-9,17H,3-4,7H2,1-2H3. The van der Waals surface area contributed by atoms with E-state index >= 15 is 0 Å². The van der Waals surface area contributed by atoms with Gasteiger partial charge in [0, 0.05) is 16.9 Å². The van der Waals surface area contributed by atoms with Crippen LogP contribution in [-0.4, -0.2) is 22.8 Å². The third-order valence-electron chi connectivity index (χ3n) is 2.75. The van der Waals surface area contributed by atoms with Crippen molar-refractivity contribution in [3.8, 4) is 11.5 Å². The number of halogens is 2. The summed E-state index contributed by atoms with van der Waals surface area (Å²) in [5.41, 5.74) is 0.326. The third-order valence-corrected chi connectivity index (χ3v) is 3.24. The Balaban J connectivity index is 1.98. The molecular formula is C14H17BrFN3O. The summed E-state index contributed by atoms with van der Waals surface area (Å²) in [5, 5.41) is 11.2. The Hall–Kier alpha value is -1.27. The minimum atomic E-state index is -0.379. The average molecular weight is 342 g/mol. The maximum atomic E-state index is 13.8. The molecular weight excluding hydrogens is 325 g/mol. The fraction of sp³-hybridized carbons (Fsp3) is 0.429. The fourth-order valence-corrected chi connectivity index (χ4v) is 2.09. The van der Waals surface area contributed by atoms with Gasteiger partial charge in [-0.05, 0) is 31.2 Å². The van der Waals surface area contributed by atoms with Crippen molar-refractivity contribution in [3.05, 3.63) is 34.4 Å². The van der Waals surface area contributed by atoms with Crippen LogP contribution in [0.25, 0.3) is 11.5 Å². The molecule has 0 fully saturated rings. The number of hydrogen-bond acceptors (Lipinski definition) is 4. The van der Waals surface area contributed by atoms with E-state index in [2.05, 4.69) is 45.3 Å². The molecule has 0 radical (unpaired) electrons. The summed E-state index contributed by atoms with van der Waals surface area (Å²) < 4.78 is 19.9. The summed E-state index contributed by atoms with van der Waals surface area (Å²) in [6, 6.07) is 5.21. The molecule has 0 spiro atoms. The average Bonchev–Trinajstić information content (AvgIpc) is 2.83. The molecule has 1 aromatic heterocycles. The molecule has 1 heterocycles. The summed E-state index contributed by atoms with van der Waals surface area (Å²) >= 11 is 3.21. The van der Waals surface area contributed by atoms with Crippen LogP contribution in [0.5, 0.6) is 0 Å². The van der Waals surface area contributed by atoms with Crippen molar-refractivity contribution in [2.24, 2.45) is 0 Å². The van der Waals surface area contributed by atoms with Crippen molar-refractivity contribution in [2.75, 3.05) is 6.54 Å². The highest BCUT2D eigenvalue weighted by Gasteiger charge is 2.13. The molecule has 2 aromatic rings. The first-order valence-electron chi connectivity index (χ1n) is 6.57. The largest absolute Gasteiger partial charge is 0.421 e. The van der Waals surface area contributed by atoms with E-state index < -0.39 is 0 Å². The third kappa shape index (κ3) is 4.11. The van der Waals surface area contributed by atoms with E-state index in [1.807, 2.05) is 0 Å². The number of aryl methyl sites for hydroxylation is 1. The molecule has 6 heteroatoms. The van der Waals surface area contributed by atoms with Crippen LogP contribution >= 0.6 is 15.9 Å². The van der Waals surface area contributed by atoms with Crippen LogP contribution in [0.2, 0.25) is 0 Å². The van der Waals surface area contributed by atoms with E-state index in [4.69, 9.17) is 4.42 Å².